The van der Waals surface area contributed by atoms with Crippen molar-refractivity contribution in [3.63, 3.8) is 0 Å². The van der Waals surface area contributed by atoms with E-state index < -0.39 is 11.9 Å². The number of nitrogens with one attached hydrogen (secondary N) is 1. The van der Waals surface area contributed by atoms with E-state index >= 15 is 0 Å². The van der Waals surface area contributed by atoms with Crippen LogP contribution in [0.15, 0.2) is 29.2 Å². The maximum Gasteiger partial charge on any atom is 0.398 e. The molecule has 0 saturated carbocycles. The summed E-state index contributed by atoms with van der Waals surface area (Å²) in [6, 6.07) is 7.57. The van der Waals surface area contributed by atoms with Gasteiger partial charge in [0.15, 0.2) is 0 Å². The molecular formula is C13H16F3NS2. The van der Waals surface area contributed by atoms with Crippen LogP contribution in [-0.2, 0) is 0 Å². The Morgan fingerprint density at radius 2 is 2.11 bits per heavy atom. The number of hydrogen-bond donors (Lipinski definition) is 1. The lowest BCUT2D eigenvalue weighted by Gasteiger charge is -2.20. The second-order valence-electron chi connectivity index (χ2n) is 4.52. The van der Waals surface area contributed by atoms with Crippen molar-refractivity contribution in [2.45, 2.75) is 35.7 Å². The molecule has 1 aromatic carbocycles. The van der Waals surface area contributed by atoms with Crippen molar-refractivity contribution < 1.29 is 13.2 Å². The van der Waals surface area contributed by atoms with Crippen molar-refractivity contribution in [2.24, 2.45) is 0 Å². The van der Waals surface area contributed by atoms with Gasteiger partial charge in [0.05, 0.1) is 5.75 Å². The Labute approximate surface area is 119 Å². The quantitative estimate of drug-likeness (QED) is 0.813. The van der Waals surface area contributed by atoms with Crippen molar-refractivity contribution >= 4 is 29.2 Å². The largest absolute Gasteiger partial charge is 0.398 e. The van der Waals surface area contributed by atoms with Gasteiger partial charge in [-0.3, -0.25) is 0 Å². The molecule has 1 saturated heterocycles. The molecule has 6 heteroatoms. The van der Waals surface area contributed by atoms with E-state index in [1.165, 1.54) is 0 Å². The van der Waals surface area contributed by atoms with Crippen LogP contribution in [0.3, 0.4) is 0 Å². The number of halogens is 3. The van der Waals surface area contributed by atoms with Crippen LogP contribution >= 0.6 is 23.5 Å². The van der Waals surface area contributed by atoms with E-state index in [0.29, 0.717) is 16.2 Å². The van der Waals surface area contributed by atoms with Crippen molar-refractivity contribution in [3.8, 4) is 0 Å². The predicted octanol–water partition coefficient (Wildman–Crippen LogP) is 4.65. The molecule has 0 aliphatic carbocycles. The summed E-state index contributed by atoms with van der Waals surface area (Å²) in [4.78, 5) is 0.670. The lowest BCUT2D eigenvalue weighted by Crippen LogP contribution is -2.25. The first kappa shape index (κ1) is 14.9. The molecule has 1 aliphatic heterocycles. The number of thioether (sulfide) groups is 2. The normalized spacial score (nSPS) is 23.6. The fourth-order valence-corrected chi connectivity index (χ4v) is 3.97. The van der Waals surface area contributed by atoms with Crippen LogP contribution in [-0.4, -0.2) is 29.0 Å². The van der Waals surface area contributed by atoms with E-state index in [4.69, 9.17) is 0 Å². The van der Waals surface area contributed by atoms with Crippen molar-refractivity contribution in [1.82, 2.24) is 0 Å². The number of hydrogen-bond acceptors (Lipinski definition) is 3. The minimum absolute atomic E-state index is 0.345. The summed E-state index contributed by atoms with van der Waals surface area (Å²) in [5.74, 6) is 0.261. The minimum Gasteiger partial charge on any atom is -0.380 e. The molecule has 0 radical (unpaired) electrons. The van der Waals surface area contributed by atoms with E-state index in [2.05, 4.69) is 12.2 Å². The number of rotatable bonds is 4. The van der Waals surface area contributed by atoms with Crippen LogP contribution in [0.2, 0.25) is 0 Å². The summed E-state index contributed by atoms with van der Waals surface area (Å²) in [6.45, 7) is 2.15. The summed E-state index contributed by atoms with van der Waals surface area (Å²) in [5.41, 5.74) is 0.816. The molecule has 1 heterocycles. The van der Waals surface area contributed by atoms with E-state index in [1.807, 2.05) is 23.9 Å². The zero-order valence-corrected chi connectivity index (χ0v) is 12.2. The molecule has 1 aromatic rings. The third-order valence-corrected chi connectivity index (χ3v) is 5.46. The van der Waals surface area contributed by atoms with Gasteiger partial charge >= 0.3 is 6.18 Å². The van der Waals surface area contributed by atoms with Crippen molar-refractivity contribution in [1.29, 1.82) is 0 Å². The molecule has 0 amide bonds. The molecule has 19 heavy (non-hydrogen) atoms. The highest BCUT2D eigenvalue weighted by atomic mass is 32.2. The Morgan fingerprint density at radius 1 is 1.37 bits per heavy atom. The third-order valence-electron chi connectivity index (χ3n) is 3.00. The maximum absolute atomic E-state index is 12.3. The Kier molecular flexibility index (Phi) is 4.95. The third kappa shape index (κ3) is 4.53. The van der Waals surface area contributed by atoms with Crippen LogP contribution < -0.4 is 5.32 Å². The molecule has 1 nitrogen and oxygen atoms in total. The molecular weight excluding hydrogens is 291 g/mol. The van der Waals surface area contributed by atoms with Gasteiger partial charge in [-0.15, -0.1) is 11.8 Å². The maximum atomic E-state index is 12.3. The first-order valence-electron chi connectivity index (χ1n) is 6.12. The summed E-state index contributed by atoms with van der Waals surface area (Å²) in [7, 11) is 0. The highest BCUT2D eigenvalue weighted by Crippen LogP contribution is 2.35. The topological polar surface area (TPSA) is 12.0 Å². The van der Waals surface area contributed by atoms with Gasteiger partial charge in [0, 0.05) is 21.9 Å². The van der Waals surface area contributed by atoms with Gasteiger partial charge in [-0.2, -0.15) is 24.9 Å². The first-order chi connectivity index (χ1) is 8.96. The Morgan fingerprint density at radius 3 is 2.74 bits per heavy atom. The van der Waals surface area contributed by atoms with Crippen molar-refractivity contribution in [2.75, 3.05) is 16.8 Å². The smallest absolute Gasteiger partial charge is 0.380 e. The fourth-order valence-electron chi connectivity index (χ4n) is 1.99. The number of alkyl halides is 3. The molecule has 0 aromatic heterocycles. The van der Waals surface area contributed by atoms with Gasteiger partial charge in [-0.05, 0) is 24.3 Å². The Bertz CT molecular complexity index is 423. The zero-order valence-electron chi connectivity index (χ0n) is 10.5. The van der Waals surface area contributed by atoms with Gasteiger partial charge in [0.2, 0.25) is 0 Å². The first-order valence-corrected chi connectivity index (χ1v) is 8.16. The number of para-hydroxylation sites is 1. The SMILES string of the molecule is CC1SCCC1Nc1ccccc1SCC(F)(F)F. The summed E-state index contributed by atoms with van der Waals surface area (Å²) in [6.07, 6.45) is -3.07. The molecule has 1 aliphatic rings. The number of benzene rings is 1. The fraction of sp³-hybridized carbons (Fsp3) is 0.538. The zero-order chi connectivity index (χ0) is 13.9. The van der Waals surface area contributed by atoms with Crippen molar-refractivity contribution in [3.05, 3.63) is 24.3 Å². The summed E-state index contributed by atoms with van der Waals surface area (Å²) < 4.78 is 36.9. The highest BCUT2D eigenvalue weighted by molar-refractivity contribution is 8.00. The molecule has 2 unspecified atom stereocenters. The lowest BCUT2D eigenvalue weighted by atomic mass is 10.1. The average molecular weight is 307 g/mol. The molecule has 1 N–H and O–H groups in total. The van der Waals surface area contributed by atoms with Crippen LogP contribution in [0.4, 0.5) is 18.9 Å². The second kappa shape index (κ2) is 6.31. The lowest BCUT2D eigenvalue weighted by molar-refractivity contribution is -0.105. The molecule has 0 bridgehead atoms. The Hall–Kier alpha value is -0.490. The monoisotopic (exact) mass is 307 g/mol. The van der Waals surface area contributed by atoms with E-state index in [9.17, 15) is 13.2 Å². The molecule has 2 atom stereocenters. The van der Waals surface area contributed by atoms with Gasteiger partial charge < -0.3 is 5.32 Å². The van der Waals surface area contributed by atoms with E-state index in [-0.39, 0.29) is 0 Å². The van der Waals surface area contributed by atoms with Crippen LogP contribution in [0.25, 0.3) is 0 Å². The van der Waals surface area contributed by atoms with Gasteiger partial charge in [-0.25, -0.2) is 0 Å². The van der Waals surface area contributed by atoms with Gasteiger partial charge in [-0.1, -0.05) is 19.1 Å². The molecule has 106 valence electrons. The Balaban J connectivity index is 2.03. The second-order valence-corrected chi connectivity index (χ2v) is 7.02. The molecule has 1 fully saturated rings. The predicted molar refractivity (Wildman–Crippen MR) is 77.2 cm³/mol. The van der Waals surface area contributed by atoms with Gasteiger partial charge in [0.25, 0.3) is 0 Å². The van der Waals surface area contributed by atoms with E-state index in [0.717, 1.165) is 29.6 Å². The average Bonchev–Trinajstić information content (AvgIpc) is 2.73. The van der Waals surface area contributed by atoms with E-state index in [1.54, 1.807) is 12.1 Å². The number of anilines is 1. The summed E-state index contributed by atoms with van der Waals surface area (Å²) in [5, 5.41) is 3.89. The standard InChI is InChI=1S/C13H16F3NS2/c1-9-10(6-7-18-9)17-11-4-2-3-5-12(11)19-8-13(14,15)16/h2-5,9-10,17H,6-8H2,1H3. The van der Waals surface area contributed by atoms with Crippen LogP contribution in [0.1, 0.15) is 13.3 Å². The molecule has 0 spiro atoms. The van der Waals surface area contributed by atoms with Gasteiger partial charge in [0.1, 0.15) is 0 Å². The molecule has 2 rings (SSSR count). The summed E-state index contributed by atoms with van der Waals surface area (Å²) >= 11 is 2.74. The van der Waals surface area contributed by atoms with Crippen LogP contribution in [0, 0.1) is 0 Å². The highest BCUT2D eigenvalue weighted by Gasteiger charge is 2.28. The minimum atomic E-state index is -4.13. The van der Waals surface area contributed by atoms with Crippen LogP contribution in [0.5, 0.6) is 0 Å².